The third-order valence-electron chi connectivity index (χ3n) is 2.44. The van der Waals surface area contributed by atoms with Crippen molar-refractivity contribution in [3.63, 3.8) is 0 Å². The van der Waals surface area contributed by atoms with Crippen molar-refractivity contribution >= 4 is 5.82 Å². The highest BCUT2D eigenvalue weighted by atomic mass is 15.3. The predicted octanol–water partition coefficient (Wildman–Crippen LogP) is 1.15. The zero-order chi connectivity index (χ0) is 8.06. The molecule has 1 aliphatic rings. The fourth-order valence-corrected chi connectivity index (χ4v) is 1.67. The molecule has 0 aliphatic carbocycles. The van der Waals surface area contributed by atoms with E-state index in [1.54, 1.807) is 0 Å². The number of hydrogen-bond acceptors (Lipinski definition) is 2. The summed E-state index contributed by atoms with van der Waals surface area (Å²) in [7, 11) is 0. The Bertz CT molecular complexity index is 286. The lowest BCUT2D eigenvalue weighted by Gasteiger charge is -2.14. The Kier molecular flexibility index (Phi) is 1.09. The molecular formula is C8H13N3. The summed E-state index contributed by atoms with van der Waals surface area (Å²) in [4.78, 5) is 0. The van der Waals surface area contributed by atoms with Gasteiger partial charge in [0.2, 0.25) is 0 Å². The molecule has 0 saturated heterocycles. The second-order valence-electron chi connectivity index (χ2n) is 3.81. The molecule has 0 fully saturated rings. The average Bonchev–Trinajstić information content (AvgIpc) is 2.35. The first kappa shape index (κ1) is 6.70. The number of hydrogen-bond donors (Lipinski definition) is 1. The maximum absolute atomic E-state index is 5.58. The molecule has 11 heavy (non-hydrogen) atoms. The van der Waals surface area contributed by atoms with E-state index in [9.17, 15) is 0 Å². The first-order chi connectivity index (χ1) is 5.09. The van der Waals surface area contributed by atoms with Crippen LogP contribution in [-0.2, 0) is 12.0 Å². The van der Waals surface area contributed by atoms with Gasteiger partial charge in [-0.3, -0.25) is 4.68 Å². The van der Waals surface area contributed by atoms with Crippen LogP contribution < -0.4 is 5.73 Å². The maximum Gasteiger partial charge on any atom is 0.145 e. The second-order valence-corrected chi connectivity index (χ2v) is 3.81. The summed E-state index contributed by atoms with van der Waals surface area (Å²) in [6.07, 6.45) is 1.18. The van der Waals surface area contributed by atoms with Gasteiger partial charge in [-0.15, -0.1) is 0 Å². The third kappa shape index (κ3) is 0.836. The van der Waals surface area contributed by atoms with E-state index in [1.807, 2.05) is 10.7 Å². The highest BCUT2D eigenvalue weighted by molar-refractivity contribution is 5.34. The standard InChI is InChI=1S/C8H13N3/c1-8(2)3-4-11-6(8)5-7(9)10-11/h5H,3-4H2,1-2H3,(H2,9,10). The quantitative estimate of drug-likeness (QED) is 0.604. The Balaban J connectivity index is 2.54. The van der Waals surface area contributed by atoms with Crippen LogP contribution in [0.1, 0.15) is 26.0 Å². The summed E-state index contributed by atoms with van der Waals surface area (Å²) < 4.78 is 2.01. The molecule has 3 heteroatoms. The SMILES string of the molecule is CC1(C)CCn2nc(N)cc21. The first-order valence-corrected chi connectivity index (χ1v) is 3.93. The zero-order valence-electron chi connectivity index (χ0n) is 6.96. The number of nitrogens with two attached hydrogens (primary N) is 1. The zero-order valence-corrected chi connectivity index (χ0v) is 6.96. The molecule has 0 unspecified atom stereocenters. The van der Waals surface area contributed by atoms with Gasteiger partial charge in [-0.2, -0.15) is 5.10 Å². The number of anilines is 1. The van der Waals surface area contributed by atoms with Gasteiger partial charge in [-0.1, -0.05) is 13.8 Å². The normalized spacial score (nSPS) is 20.2. The van der Waals surface area contributed by atoms with E-state index >= 15 is 0 Å². The Morgan fingerprint density at radius 1 is 1.64 bits per heavy atom. The summed E-state index contributed by atoms with van der Waals surface area (Å²) in [5.41, 5.74) is 7.12. The fraction of sp³-hybridized carbons (Fsp3) is 0.625. The molecule has 0 saturated carbocycles. The van der Waals surface area contributed by atoms with Crippen molar-refractivity contribution in [2.75, 3.05) is 5.73 Å². The van der Waals surface area contributed by atoms with Crippen LogP contribution in [0.4, 0.5) is 5.82 Å². The molecule has 0 amide bonds. The Hall–Kier alpha value is -0.990. The number of rotatable bonds is 0. The van der Waals surface area contributed by atoms with E-state index in [0.29, 0.717) is 5.82 Å². The Morgan fingerprint density at radius 2 is 2.36 bits per heavy atom. The molecule has 2 heterocycles. The number of nitrogen functional groups attached to an aromatic ring is 1. The molecule has 0 bridgehead atoms. The van der Waals surface area contributed by atoms with Gasteiger partial charge < -0.3 is 5.73 Å². The summed E-state index contributed by atoms with van der Waals surface area (Å²) in [6, 6.07) is 1.98. The molecule has 1 aromatic heterocycles. The lowest BCUT2D eigenvalue weighted by atomic mass is 9.89. The van der Waals surface area contributed by atoms with Crippen molar-refractivity contribution in [2.45, 2.75) is 32.2 Å². The molecule has 0 radical (unpaired) electrons. The first-order valence-electron chi connectivity index (χ1n) is 3.93. The molecule has 3 nitrogen and oxygen atoms in total. The van der Waals surface area contributed by atoms with Gasteiger partial charge in [0.05, 0.1) is 0 Å². The molecule has 2 N–H and O–H groups in total. The molecule has 2 rings (SSSR count). The van der Waals surface area contributed by atoms with Crippen LogP contribution in [0.3, 0.4) is 0 Å². The maximum atomic E-state index is 5.58. The highest BCUT2D eigenvalue weighted by Crippen LogP contribution is 2.34. The molecule has 1 aliphatic heterocycles. The van der Waals surface area contributed by atoms with Crippen molar-refractivity contribution in [1.29, 1.82) is 0 Å². The van der Waals surface area contributed by atoms with E-state index in [0.717, 1.165) is 6.54 Å². The van der Waals surface area contributed by atoms with Crippen molar-refractivity contribution in [2.24, 2.45) is 0 Å². The largest absolute Gasteiger partial charge is 0.382 e. The smallest absolute Gasteiger partial charge is 0.145 e. The van der Waals surface area contributed by atoms with Crippen LogP contribution in [0.5, 0.6) is 0 Å². The van der Waals surface area contributed by atoms with Crippen LogP contribution in [0.25, 0.3) is 0 Å². The number of aryl methyl sites for hydroxylation is 1. The molecule has 0 spiro atoms. The van der Waals surface area contributed by atoms with Gasteiger partial charge in [-0.05, 0) is 6.42 Å². The summed E-state index contributed by atoms with van der Waals surface area (Å²) in [5.74, 6) is 0.646. The van der Waals surface area contributed by atoms with Crippen LogP contribution in [0, 0.1) is 0 Å². The Morgan fingerprint density at radius 3 is 3.00 bits per heavy atom. The monoisotopic (exact) mass is 151 g/mol. The van der Waals surface area contributed by atoms with E-state index in [4.69, 9.17) is 5.73 Å². The van der Waals surface area contributed by atoms with Crippen molar-refractivity contribution < 1.29 is 0 Å². The second kappa shape index (κ2) is 1.78. The summed E-state index contributed by atoms with van der Waals surface area (Å²) in [5, 5.41) is 4.18. The van der Waals surface area contributed by atoms with E-state index in [1.165, 1.54) is 12.1 Å². The number of aromatic nitrogens is 2. The summed E-state index contributed by atoms with van der Waals surface area (Å²) >= 11 is 0. The van der Waals surface area contributed by atoms with Crippen molar-refractivity contribution in [1.82, 2.24) is 9.78 Å². The van der Waals surface area contributed by atoms with Gasteiger partial charge in [-0.25, -0.2) is 0 Å². The van der Waals surface area contributed by atoms with Gasteiger partial charge in [0.25, 0.3) is 0 Å². The average molecular weight is 151 g/mol. The minimum atomic E-state index is 0.268. The topological polar surface area (TPSA) is 43.8 Å². The van der Waals surface area contributed by atoms with Crippen molar-refractivity contribution in [3.05, 3.63) is 11.8 Å². The van der Waals surface area contributed by atoms with Gasteiger partial charge in [0.15, 0.2) is 0 Å². The fourth-order valence-electron chi connectivity index (χ4n) is 1.67. The Labute approximate surface area is 66.2 Å². The minimum absolute atomic E-state index is 0.268. The van der Waals surface area contributed by atoms with E-state index in [2.05, 4.69) is 18.9 Å². The van der Waals surface area contributed by atoms with Crippen LogP contribution in [0.15, 0.2) is 6.07 Å². The van der Waals surface area contributed by atoms with Gasteiger partial charge in [0.1, 0.15) is 5.82 Å². The van der Waals surface area contributed by atoms with Crippen LogP contribution >= 0.6 is 0 Å². The minimum Gasteiger partial charge on any atom is -0.382 e. The summed E-state index contributed by atoms with van der Waals surface area (Å²) in [6.45, 7) is 5.47. The van der Waals surface area contributed by atoms with Gasteiger partial charge >= 0.3 is 0 Å². The molecule has 60 valence electrons. The molecule has 0 atom stereocenters. The van der Waals surface area contributed by atoms with Crippen LogP contribution in [-0.4, -0.2) is 9.78 Å². The third-order valence-corrected chi connectivity index (χ3v) is 2.44. The lowest BCUT2D eigenvalue weighted by molar-refractivity contribution is 0.518. The highest BCUT2D eigenvalue weighted by Gasteiger charge is 2.31. The van der Waals surface area contributed by atoms with Gasteiger partial charge in [0, 0.05) is 23.7 Å². The molecule has 1 aromatic rings. The van der Waals surface area contributed by atoms with E-state index < -0.39 is 0 Å². The number of nitrogens with zero attached hydrogens (tertiary/aromatic N) is 2. The lowest BCUT2D eigenvalue weighted by Crippen LogP contribution is -2.11. The number of fused-ring (bicyclic) bond motifs is 1. The molecule has 0 aromatic carbocycles. The van der Waals surface area contributed by atoms with Crippen molar-refractivity contribution in [3.8, 4) is 0 Å². The predicted molar refractivity (Wildman–Crippen MR) is 44.3 cm³/mol. The van der Waals surface area contributed by atoms with E-state index in [-0.39, 0.29) is 5.41 Å². The van der Waals surface area contributed by atoms with Crippen LogP contribution in [0.2, 0.25) is 0 Å². The molecular weight excluding hydrogens is 138 g/mol.